The summed E-state index contributed by atoms with van der Waals surface area (Å²) in [6, 6.07) is 20.9. The molecular weight excluding hydrogens is 386 g/mol. The van der Waals surface area contributed by atoms with Crippen molar-refractivity contribution in [2.75, 3.05) is 26.7 Å². The second-order valence-corrected chi connectivity index (χ2v) is 8.23. The minimum atomic E-state index is -0.894. The Morgan fingerprint density at radius 1 is 1.06 bits per heavy atom. The maximum Gasteiger partial charge on any atom is 0.253 e. The topological polar surface area (TPSA) is 54.5 Å². The molecule has 1 amide bonds. The molecule has 2 heterocycles. The van der Waals surface area contributed by atoms with Crippen molar-refractivity contribution >= 4 is 5.91 Å². The first-order valence-electron chi connectivity index (χ1n) is 10.7. The number of ether oxygens (including phenoxy) is 1. The highest BCUT2D eigenvalue weighted by atomic mass is 16.5. The number of amides is 1. The Kier molecular flexibility index (Phi) is 6.44. The van der Waals surface area contributed by atoms with Gasteiger partial charge in [0.05, 0.1) is 6.61 Å². The normalized spacial score (nSPS) is 19.2. The van der Waals surface area contributed by atoms with Crippen LogP contribution in [0, 0.1) is 6.92 Å². The van der Waals surface area contributed by atoms with Crippen LogP contribution in [0.1, 0.15) is 16.7 Å². The van der Waals surface area contributed by atoms with Crippen LogP contribution in [-0.4, -0.2) is 48.1 Å². The number of likely N-dealkylation sites (N-methyl/N-ethyl adjacent to an activating group) is 1. The van der Waals surface area contributed by atoms with Crippen molar-refractivity contribution in [1.29, 1.82) is 0 Å². The molecule has 1 N–H and O–H groups in total. The monoisotopic (exact) mass is 415 g/mol. The van der Waals surface area contributed by atoms with E-state index in [9.17, 15) is 4.79 Å². The van der Waals surface area contributed by atoms with E-state index in [0.29, 0.717) is 19.6 Å². The van der Waals surface area contributed by atoms with E-state index >= 15 is 0 Å². The fourth-order valence-corrected chi connectivity index (χ4v) is 4.30. The lowest BCUT2D eigenvalue weighted by Crippen LogP contribution is -2.60. The van der Waals surface area contributed by atoms with Crippen LogP contribution in [0.4, 0.5) is 0 Å². The SMILES string of the molecule is CNC(=O)[C@]1(Cc2ccc(-c3ccncc3)cc2)CN(Cc2cccc(C)c2)CCO1. The average Bonchev–Trinajstić information content (AvgIpc) is 2.80. The summed E-state index contributed by atoms with van der Waals surface area (Å²) in [7, 11) is 1.68. The number of pyridine rings is 1. The Morgan fingerprint density at radius 3 is 2.52 bits per heavy atom. The van der Waals surface area contributed by atoms with Crippen LogP contribution in [0.2, 0.25) is 0 Å². The smallest absolute Gasteiger partial charge is 0.253 e. The molecule has 5 nitrogen and oxygen atoms in total. The fraction of sp³-hybridized carbons (Fsp3) is 0.308. The number of aryl methyl sites for hydroxylation is 1. The zero-order valence-electron chi connectivity index (χ0n) is 18.2. The van der Waals surface area contributed by atoms with Gasteiger partial charge in [-0.25, -0.2) is 0 Å². The maximum atomic E-state index is 13.0. The Labute approximate surface area is 184 Å². The highest BCUT2D eigenvalue weighted by Gasteiger charge is 2.43. The third-order valence-corrected chi connectivity index (χ3v) is 5.85. The molecule has 4 rings (SSSR count). The highest BCUT2D eigenvalue weighted by Crippen LogP contribution is 2.27. The van der Waals surface area contributed by atoms with Crippen LogP contribution < -0.4 is 5.32 Å². The van der Waals surface area contributed by atoms with Gasteiger partial charge in [-0.1, -0.05) is 54.1 Å². The summed E-state index contributed by atoms with van der Waals surface area (Å²) in [6.45, 7) is 4.83. The molecule has 0 unspecified atom stereocenters. The molecule has 3 aromatic rings. The zero-order chi connectivity index (χ0) is 21.7. The number of hydrogen-bond donors (Lipinski definition) is 1. The van der Waals surface area contributed by atoms with E-state index in [4.69, 9.17) is 4.74 Å². The molecule has 0 aliphatic carbocycles. The predicted octanol–water partition coefficient (Wildman–Crippen LogP) is 3.62. The first-order valence-corrected chi connectivity index (χ1v) is 10.7. The number of carbonyl (C=O) groups excluding carboxylic acids is 1. The second-order valence-electron chi connectivity index (χ2n) is 8.23. The maximum absolute atomic E-state index is 13.0. The van der Waals surface area contributed by atoms with Gasteiger partial charge < -0.3 is 10.1 Å². The number of nitrogens with one attached hydrogen (secondary N) is 1. The zero-order valence-corrected chi connectivity index (χ0v) is 18.2. The van der Waals surface area contributed by atoms with Gasteiger partial charge in [0.15, 0.2) is 5.60 Å². The summed E-state index contributed by atoms with van der Waals surface area (Å²) >= 11 is 0. The third kappa shape index (κ3) is 5.01. The molecule has 1 aliphatic heterocycles. The molecule has 2 aromatic carbocycles. The van der Waals surface area contributed by atoms with Gasteiger partial charge in [0.25, 0.3) is 5.91 Å². The molecule has 0 spiro atoms. The largest absolute Gasteiger partial charge is 0.362 e. The first-order chi connectivity index (χ1) is 15.1. The molecule has 5 heteroatoms. The van der Waals surface area contributed by atoms with Gasteiger partial charge >= 0.3 is 0 Å². The van der Waals surface area contributed by atoms with Gasteiger partial charge in [-0.15, -0.1) is 0 Å². The van der Waals surface area contributed by atoms with Crippen LogP contribution in [-0.2, 0) is 22.5 Å². The molecule has 31 heavy (non-hydrogen) atoms. The van der Waals surface area contributed by atoms with E-state index in [1.165, 1.54) is 11.1 Å². The fourth-order valence-electron chi connectivity index (χ4n) is 4.30. The highest BCUT2D eigenvalue weighted by molar-refractivity contribution is 5.86. The van der Waals surface area contributed by atoms with Gasteiger partial charge in [0.1, 0.15) is 0 Å². The Balaban J connectivity index is 1.53. The molecule has 0 bridgehead atoms. The minimum absolute atomic E-state index is 0.0698. The summed E-state index contributed by atoms with van der Waals surface area (Å²) in [5.74, 6) is -0.0698. The summed E-state index contributed by atoms with van der Waals surface area (Å²) in [4.78, 5) is 19.4. The van der Waals surface area contributed by atoms with Gasteiger partial charge in [0, 0.05) is 45.5 Å². The summed E-state index contributed by atoms with van der Waals surface area (Å²) in [5, 5.41) is 2.83. The first kappa shape index (κ1) is 21.2. The van der Waals surface area contributed by atoms with Gasteiger partial charge in [-0.3, -0.25) is 14.7 Å². The van der Waals surface area contributed by atoms with E-state index in [-0.39, 0.29) is 5.91 Å². The minimum Gasteiger partial charge on any atom is -0.362 e. The molecule has 0 radical (unpaired) electrons. The van der Waals surface area contributed by atoms with Crippen molar-refractivity contribution < 1.29 is 9.53 Å². The lowest BCUT2D eigenvalue weighted by atomic mass is 9.90. The number of aromatic nitrogens is 1. The van der Waals surface area contributed by atoms with Crippen molar-refractivity contribution in [3.63, 3.8) is 0 Å². The number of morpholine rings is 1. The van der Waals surface area contributed by atoms with Crippen molar-refractivity contribution in [2.45, 2.75) is 25.5 Å². The van der Waals surface area contributed by atoms with Crippen molar-refractivity contribution in [3.8, 4) is 11.1 Å². The van der Waals surface area contributed by atoms with Crippen molar-refractivity contribution in [3.05, 3.63) is 89.7 Å². The van der Waals surface area contributed by atoms with E-state index in [0.717, 1.165) is 29.8 Å². The lowest BCUT2D eigenvalue weighted by Gasteiger charge is -2.41. The lowest BCUT2D eigenvalue weighted by molar-refractivity contribution is -0.160. The molecular formula is C26H29N3O2. The van der Waals surface area contributed by atoms with Crippen LogP contribution in [0.5, 0.6) is 0 Å². The van der Waals surface area contributed by atoms with E-state index in [1.54, 1.807) is 19.4 Å². The average molecular weight is 416 g/mol. The van der Waals surface area contributed by atoms with Crippen LogP contribution in [0.15, 0.2) is 73.1 Å². The number of rotatable bonds is 6. The van der Waals surface area contributed by atoms with Crippen LogP contribution >= 0.6 is 0 Å². The molecule has 1 aliphatic rings. The summed E-state index contributed by atoms with van der Waals surface area (Å²) in [5.41, 5.74) is 4.95. The Hall–Kier alpha value is -3.02. The standard InChI is InChI=1S/C26H29N3O2/c1-20-4-3-5-22(16-20)18-29-14-15-31-26(19-29,25(30)27-2)17-21-6-8-23(9-7-21)24-10-12-28-13-11-24/h3-13,16H,14-15,17-19H2,1-2H3,(H,27,30)/t26-/m0/s1. The number of benzene rings is 2. The molecule has 1 fully saturated rings. The molecule has 0 saturated carbocycles. The van der Waals surface area contributed by atoms with Crippen LogP contribution in [0.3, 0.4) is 0 Å². The second kappa shape index (κ2) is 9.41. The quantitative estimate of drug-likeness (QED) is 0.668. The van der Waals surface area contributed by atoms with Gasteiger partial charge in [-0.05, 0) is 41.3 Å². The van der Waals surface area contributed by atoms with Crippen molar-refractivity contribution in [2.24, 2.45) is 0 Å². The van der Waals surface area contributed by atoms with Gasteiger partial charge in [-0.2, -0.15) is 0 Å². The molecule has 160 valence electrons. The van der Waals surface area contributed by atoms with E-state index < -0.39 is 5.60 Å². The summed E-state index contributed by atoms with van der Waals surface area (Å²) < 4.78 is 6.17. The predicted molar refractivity (Wildman–Crippen MR) is 123 cm³/mol. The van der Waals surface area contributed by atoms with E-state index in [1.807, 2.05) is 12.1 Å². The number of carbonyl (C=O) groups is 1. The Bertz CT molecular complexity index is 1020. The summed E-state index contributed by atoms with van der Waals surface area (Å²) in [6.07, 6.45) is 4.12. The molecule has 1 aromatic heterocycles. The number of nitrogens with zero attached hydrogens (tertiary/aromatic N) is 2. The third-order valence-electron chi connectivity index (χ3n) is 5.85. The van der Waals surface area contributed by atoms with Crippen LogP contribution in [0.25, 0.3) is 11.1 Å². The van der Waals surface area contributed by atoms with Gasteiger partial charge in [0.2, 0.25) is 0 Å². The Morgan fingerprint density at radius 2 is 1.81 bits per heavy atom. The molecule has 1 saturated heterocycles. The van der Waals surface area contributed by atoms with Crippen molar-refractivity contribution in [1.82, 2.24) is 15.2 Å². The van der Waals surface area contributed by atoms with E-state index in [2.05, 4.69) is 70.7 Å². The molecule has 1 atom stereocenters. The number of hydrogen-bond acceptors (Lipinski definition) is 4.